The van der Waals surface area contributed by atoms with Crippen molar-refractivity contribution in [3.63, 3.8) is 0 Å². The van der Waals surface area contributed by atoms with Crippen LogP contribution in [0.25, 0.3) is 0 Å². The molecule has 6 heteroatoms. The molecule has 6 nitrogen and oxygen atoms in total. The summed E-state index contributed by atoms with van der Waals surface area (Å²) in [5.41, 5.74) is 1.24. The number of urea groups is 1. The molecular formula is C18H27N3O3. The first-order chi connectivity index (χ1) is 11.5. The van der Waals surface area contributed by atoms with E-state index in [1.807, 2.05) is 7.05 Å². The van der Waals surface area contributed by atoms with Gasteiger partial charge in [-0.05, 0) is 37.9 Å². The molecule has 1 aliphatic rings. The zero-order valence-corrected chi connectivity index (χ0v) is 14.7. The molecule has 1 aromatic rings. The number of nitrogens with one attached hydrogen (secondary N) is 1. The van der Waals surface area contributed by atoms with Crippen molar-refractivity contribution >= 4 is 17.5 Å². The van der Waals surface area contributed by atoms with Gasteiger partial charge in [0.05, 0.1) is 6.61 Å². The van der Waals surface area contributed by atoms with E-state index in [0.717, 1.165) is 39.2 Å². The average Bonchev–Trinajstić information content (AvgIpc) is 3.00. The highest BCUT2D eigenvalue weighted by atomic mass is 16.5. The minimum absolute atomic E-state index is 0.0124. The number of carbonyl (C=O) groups excluding carboxylic acids is 2. The molecule has 2 rings (SSSR count). The number of benzene rings is 1. The Morgan fingerprint density at radius 2 is 2.21 bits per heavy atom. The van der Waals surface area contributed by atoms with Gasteiger partial charge in [-0.25, -0.2) is 4.79 Å². The Balaban J connectivity index is 1.82. The SMILES string of the molecule is COCCN1CCC(CN(C)C(=O)Nc2cccc(C(C)=O)c2)C1. The topological polar surface area (TPSA) is 61.9 Å². The van der Waals surface area contributed by atoms with E-state index in [0.29, 0.717) is 17.2 Å². The van der Waals surface area contributed by atoms with Crippen molar-refractivity contribution in [2.45, 2.75) is 13.3 Å². The van der Waals surface area contributed by atoms with Gasteiger partial charge in [0, 0.05) is 45.0 Å². The van der Waals surface area contributed by atoms with Gasteiger partial charge >= 0.3 is 6.03 Å². The lowest BCUT2D eigenvalue weighted by molar-refractivity contribution is 0.101. The summed E-state index contributed by atoms with van der Waals surface area (Å²) in [4.78, 5) is 27.8. The van der Waals surface area contributed by atoms with Gasteiger partial charge in [0.1, 0.15) is 0 Å². The van der Waals surface area contributed by atoms with Gasteiger partial charge in [-0.2, -0.15) is 0 Å². The normalized spacial score (nSPS) is 17.7. The Labute approximate surface area is 143 Å². The fourth-order valence-corrected chi connectivity index (χ4v) is 2.99. The minimum atomic E-state index is -0.147. The van der Waals surface area contributed by atoms with Crippen molar-refractivity contribution in [3.8, 4) is 0 Å². The Morgan fingerprint density at radius 3 is 2.92 bits per heavy atom. The molecule has 1 atom stereocenters. The summed E-state index contributed by atoms with van der Waals surface area (Å²) in [6.45, 7) is 5.99. The second kappa shape index (κ2) is 8.80. The Morgan fingerprint density at radius 1 is 1.42 bits per heavy atom. The van der Waals surface area contributed by atoms with E-state index < -0.39 is 0 Å². The summed E-state index contributed by atoms with van der Waals surface area (Å²) in [5.74, 6) is 0.475. The summed E-state index contributed by atoms with van der Waals surface area (Å²) in [6, 6.07) is 6.87. The predicted molar refractivity (Wildman–Crippen MR) is 94.5 cm³/mol. The van der Waals surface area contributed by atoms with Crippen molar-refractivity contribution in [1.29, 1.82) is 0 Å². The molecule has 0 aliphatic carbocycles. The first kappa shape index (κ1) is 18.4. The number of rotatable bonds is 7. The van der Waals surface area contributed by atoms with Gasteiger partial charge in [0.25, 0.3) is 0 Å². The average molecular weight is 333 g/mol. The number of methoxy groups -OCH3 is 1. The number of hydrogen-bond acceptors (Lipinski definition) is 4. The second-order valence-electron chi connectivity index (χ2n) is 6.40. The Hall–Kier alpha value is -1.92. The third-order valence-corrected chi connectivity index (χ3v) is 4.38. The summed E-state index contributed by atoms with van der Waals surface area (Å²) in [6.07, 6.45) is 1.10. The molecular weight excluding hydrogens is 306 g/mol. The van der Waals surface area contributed by atoms with Crippen LogP contribution in [0.2, 0.25) is 0 Å². The van der Waals surface area contributed by atoms with Gasteiger partial charge < -0.3 is 19.9 Å². The van der Waals surface area contributed by atoms with E-state index in [4.69, 9.17) is 4.74 Å². The molecule has 1 heterocycles. The van der Waals surface area contributed by atoms with Crippen molar-refractivity contribution in [3.05, 3.63) is 29.8 Å². The van der Waals surface area contributed by atoms with Crippen LogP contribution >= 0.6 is 0 Å². The molecule has 1 N–H and O–H groups in total. The zero-order valence-electron chi connectivity index (χ0n) is 14.7. The number of hydrogen-bond donors (Lipinski definition) is 1. The van der Waals surface area contributed by atoms with E-state index in [9.17, 15) is 9.59 Å². The lowest BCUT2D eigenvalue weighted by Gasteiger charge is -2.22. The standard InChI is InChI=1S/C18H27N3O3/c1-14(22)16-5-4-6-17(11-16)19-18(23)20(2)12-15-7-8-21(13-15)9-10-24-3/h4-6,11,15H,7-10,12-13H2,1-3H3,(H,19,23). The fraction of sp³-hybridized carbons (Fsp3) is 0.556. The Kier molecular flexibility index (Phi) is 6.75. The van der Waals surface area contributed by atoms with Gasteiger partial charge in [-0.1, -0.05) is 12.1 Å². The van der Waals surface area contributed by atoms with Gasteiger partial charge in [0.2, 0.25) is 0 Å². The molecule has 0 radical (unpaired) electrons. The van der Waals surface area contributed by atoms with Crippen LogP contribution in [0.15, 0.2) is 24.3 Å². The maximum Gasteiger partial charge on any atom is 0.321 e. The molecule has 1 unspecified atom stereocenters. The van der Waals surface area contributed by atoms with E-state index in [2.05, 4.69) is 10.2 Å². The smallest absolute Gasteiger partial charge is 0.321 e. The number of ether oxygens (including phenoxy) is 1. The number of amides is 2. The van der Waals surface area contributed by atoms with Crippen LogP contribution in [0.5, 0.6) is 0 Å². The van der Waals surface area contributed by atoms with Crippen molar-refractivity contribution in [2.75, 3.05) is 52.3 Å². The molecule has 0 saturated carbocycles. The van der Waals surface area contributed by atoms with Gasteiger partial charge in [-0.3, -0.25) is 4.79 Å². The summed E-state index contributed by atoms with van der Waals surface area (Å²) in [5, 5.41) is 2.86. The molecule has 1 aliphatic heterocycles. The maximum atomic E-state index is 12.3. The van der Waals surface area contributed by atoms with Crippen LogP contribution in [0.4, 0.5) is 10.5 Å². The largest absolute Gasteiger partial charge is 0.383 e. The number of likely N-dealkylation sites (tertiary alicyclic amines) is 1. The third kappa shape index (κ3) is 5.32. The van der Waals surface area contributed by atoms with Crippen molar-refractivity contribution in [1.82, 2.24) is 9.80 Å². The van der Waals surface area contributed by atoms with Gasteiger partial charge in [0.15, 0.2) is 5.78 Å². The van der Waals surface area contributed by atoms with E-state index in [1.165, 1.54) is 6.92 Å². The van der Waals surface area contributed by atoms with Crippen LogP contribution in [-0.2, 0) is 4.74 Å². The molecule has 2 amide bonds. The van der Waals surface area contributed by atoms with Crippen molar-refractivity contribution < 1.29 is 14.3 Å². The fourth-order valence-electron chi connectivity index (χ4n) is 2.99. The van der Waals surface area contributed by atoms with Crippen molar-refractivity contribution in [2.24, 2.45) is 5.92 Å². The molecule has 0 bridgehead atoms. The lowest BCUT2D eigenvalue weighted by Crippen LogP contribution is -2.36. The number of Topliss-reactive ketones (excluding diaryl/α,β-unsaturated/α-hetero) is 1. The zero-order chi connectivity index (χ0) is 17.5. The highest BCUT2D eigenvalue weighted by Gasteiger charge is 2.24. The summed E-state index contributed by atoms with van der Waals surface area (Å²) >= 11 is 0. The molecule has 0 spiro atoms. The predicted octanol–water partition coefficient (Wildman–Crippen LogP) is 2.32. The number of ketones is 1. The van der Waals surface area contributed by atoms with E-state index >= 15 is 0 Å². The van der Waals surface area contributed by atoms with E-state index in [1.54, 1.807) is 36.3 Å². The molecule has 24 heavy (non-hydrogen) atoms. The first-order valence-corrected chi connectivity index (χ1v) is 8.34. The first-order valence-electron chi connectivity index (χ1n) is 8.34. The number of anilines is 1. The quantitative estimate of drug-likeness (QED) is 0.778. The minimum Gasteiger partial charge on any atom is -0.383 e. The lowest BCUT2D eigenvalue weighted by atomic mass is 10.1. The number of carbonyl (C=O) groups is 2. The summed E-state index contributed by atoms with van der Waals surface area (Å²) in [7, 11) is 3.52. The van der Waals surface area contributed by atoms with E-state index in [-0.39, 0.29) is 11.8 Å². The second-order valence-corrected chi connectivity index (χ2v) is 6.40. The molecule has 1 fully saturated rings. The van der Waals surface area contributed by atoms with Crippen LogP contribution in [0.1, 0.15) is 23.7 Å². The molecule has 1 aromatic carbocycles. The molecule has 1 saturated heterocycles. The van der Waals surface area contributed by atoms with Crippen LogP contribution in [0, 0.1) is 5.92 Å². The highest BCUT2D eigenvalue weighted by molar-refractivity contribution is 5.96. The monoisotopic (exact) mass is 333 g/mol. The molecule has 132 valence electrons. The maximum absolute atomic E-state index is 12.3. The van der Waals surface area contributed by atoms with Crippen LogP contribution in [0.3, 0.4) is 0 Å². The summed E-state index contributed by atoms with van der Waals surface area (Å²) < 4.78 is 5.11. The van der Waals surface area contributed by atoms with Gasteiger partial charge in [-0.15, -0.1) is 0 Å². The Bertz CT molecular complexity index is 576. The third-order valence-electron chi connectivity index (χ3n) is 4.38. The molecule has 0 aromatic heterocycles. The van der Waals surface area contributed by atoms with Crippen LogP contribution in [-0.4, -0.2) is 68.6 Å². The van der Waals surface area contributed by atoms with Crippen LogP contribution < -0.4 is 5.32 Å². The highest BCUT2D eigenvalue weighted by Crippen LogP contribution is 2.17. The number of nitrogens with zero attached hydrogens (tertiary/aromatic N) is 2.